The highest BCUT2D eigenvalue weighted by Crippen LogP contribution is 2.27. The second kappa shape index (κ2) is 8.33. The number of fused-ring (bicyclic) bond motifs is 1. The van der Waals surface area contributed by atoms with Crippen LogP contribution in [-0.2, 0) is 0 Å². The molecule has 0 radical (unpaired) electrons. The van der Waals surface area contributed by atoms with Crippen molar-refractivity contribution in [1.29, 1.82) is 0 Å². The summed E-state index contributed by atoms with van der Waals surface area (Å²) in [5.41, 5.74) is 1.24. The highest BCUT2D eigenvalue weighted by atomic mass is 35.5. The van der Waals surface area contributed by atoms with Gasteiger partial charge in [0, 0.05) is 23.2 Å². The van der Waals surface area contributed by atoms with Crippen molar-refractivity contribution in [2.45, 2.75) is 6.92 Å². The molecule has 1 aromatic heterocycles. The van der Waals surface area contributed by atoms with Crippen molar-refractivity contribution >= 4 is 34.2 Å². The average Bonchev–Trinajstić information content (AvgIpc) is 2.75. The van der Waals surface area contributed by atoms with Crippen molar-refractivity contribution in [1.82, 2.24) is 0 Å². The number of rotatable bonds is 4. The molecule has 0 saturated heterocycles. The lowest BCUT2D eigenvalue weighted by Gasteiger charge is -2.12. The normalized spacial score (nSPS) is 12.0. The molecule has 0 fully saturated rings. The molecular weight excluding hydrogens is 422 g/mol. The predicted molar refractivity (Wildman–Crippen MR) is 115 cm³/mol. The summed E-state index contributed by atoms with van der Waals surface area (Å²) in [6.07, 6.45) is 0. The Morgan fingerprint density at radius 3 is 2.55 bits per heavy atom. The zero-order valence-corrected chi connectivity index (χ0v) is 17.0. The number of carbonyl (C=O) groups excluding carboxylic acids is 1. The Bertz CT molecular complexity index is 1340. The minimum absolute atomic E-state index is 0.0238. The van der Waals surface area contributed by atoms with Crippen LogP contribution in [0.15, 0.2) is 75.9 Å². The zero-order chi connectivity index (χ0) is 22.1. The van der Waals surface area contributed by atoms with Crippen molar-refractivity contribution in [3.8, 4) is 16.9 Å². The fraction of sp³-hybridized carbons (Fsp3) is 0.0435. The van der Waals surface area contributed by atoms with Crippen LogP contribution in [0.25, 0.3) is 22.1 Å². The molecule has 31 heavy (non-hydrogen) atoms. The summed E-state index contributed by atoms with van der Waals surface area (Å²) < 4.78 is 11.2. The smallest absolute Gasteiger partial charge is 0.343 e. The van der Waals surface area contributed by atoms with Crippen molar-refractivity contribution < 1.29 is 24.4 Å². The maximum Gasteiger partial charge on any atom is 0.343 e. The molecule has 2 N–H and O–H groups in total. The first-order chi connectivity index (χ1) is 14.8. The molecule has 0 bridgehead atoms. The monoisotopic (exact) mass is 437 g/mol. The van der Waals surface area contributed by atoms with E-state index in [2.05, 4.69) is 0 Å². The van der Waals surface area contributed by atoms with E-state index < -0.39 is 11.2 Å². The molecule has 0 saturated carbocycles. The molecule has 0 aliphatic rings. The van der Waals surface area contributed by atoms with Gasteiger partial charge in [-0.2, -0.15) is 5.23 Å². The van der Waals surface area contributed by atoms with Gasteiger partial charge in [-0.05, 0) is 42.8 Å². The molecule has 4 rings (SSSR count). The summed E-state index contributed by atoms with van der Waals surface area (Å²) in [6, 6.07) is 16.9. The van der Waals surface area contributed by atoms with Crippen molar-refractivity contribution in [3.05, 3.63) is 98.5 Å². The molecule has 3 aromatic carbocycles. The Morgan fingerprint density at radius 2 is 1.84 bits per heavy atom. The Hall–Kier alpha value is -3.49. The lowest BCUT2D eigenvalue weighted by atomic mass is 10.0. The van der Waals surface area contributed by atoms with Crippen LogP contribution in [0.4, 0.5) is 5.69 Å². The third-order valence-corrected chi connectivity index (χ3v) is 4.98. The summed E-state index contributed by atoms with van der Waals surface area (Å²) in [4.78, 5) is 25.4. The van der Waals surface area contributed by atoms with E-state index in [0.29, 0.717) is 27.3 Å². The van der Waals surface area contributed by atoms with Crippen LogP contribution in [0.3, 0.4) is 0 Å². The number of benzene rings is 3. The van der Waals surface area contributed by atoms with E-state index in [-0.39, 0.29) is 28.0 Å². The van der Waals surface area contributed by atoms with Crippen LogP contribution in [0.5, 0.6) is 5.75 Å². The van der Waals surface area contributed by atoms with Crippen LogP contribution in [0.2, 0.25) is 5.02 Å². The standard InChI is InChI=1S/C23H16ClNO6/c1-13-21(14-5-7-16(24)8-6-14)22(26)19-10-9-18(12-20(19)30-13)31-23(27)15-3-2-4-17(11-15)25(28)29/h2-12,25,28H,1H3. The summed E-state index contributed by atoms with van der Waals surface area (Å²) in [5, 5.41) is 19.9. The number of nitrogens with one attached hydrogen (secondary N) is 1. The van der Waals surface area contributed by atoms with Gasteiger partial charge in [0.2, 0.25) is 5.43 Å². The average molecular weight is 438 g/mol. The van der Waals surface area contributed by atoms with E-state index in [1.54, 1.807) is 31.2 Å². The molecule has 7 nitrogen and oxygen atoms in total. The molecule has 0 aliphatic heterocycles. The maximum atomic E-state index is 13.0. The zero-order valence-electron chi connectivity index (χ0n) is 16.2. The minimum atomic E-state index is -1.14. The van der Waals surface area contributed by atoms with Crippen molar-refractivity contribution in [3.63, 3.8) is 0 Å². The number of ether oxygens (including phenoxy) is 1. The quantitative estimate of drug-likeness (QED) is 0.283. The molecule has 4 aromatic rings. The molecule has 1 atom stereocenters. The van der Waals surface area contributed by atoms with Crippen LogP contribution < -0.4 is 15.4 Å². The fourth-order valence-corrected chi connectivity index (χ4v) is 3.37. The van der Waals surface area contributed by atoms with Gasteiger partial charge in [0.25, 0.3) is 0 Å². The van der Waals surface area contributed by atoms with Crippen LogP contribution in [0.1, 0.15) is 16.1 Å². The SMILES string of the molecule is Cc1oc2cc(OC(=O)c3cccc([NH+]([O-])O)c3)ccc2c(=O)c1-c1ccc(Cl)cc1. The van der Waals surface area contributed by atoms with E-state index >= 15 is 0 Å². The van der Waals surface area contributed by atoms with Crippen LogP contribution in [0, 0.1) is 12.1 Å². The maximum absolute atomic E-state index is 13.0. The topological polar surface area (TPSA) is 104 Å². The van der Waals surface area contributed by atoms with E-state index in [0.717, 1.165) is 0 Å². The number of quaternary nitrogens is 1. The van der Waals surface area contributed by atoms with Gasteiger partial charge >= 0.3 is 5.97 Å². The second-order valence-electron chi connectivity index (χ2n) is 6.80. The molecule has 0 spiro atoms. The fourth-order valence-electron chi connectivity index (χ4n) is 3.24. The summed E-state index contributed by atoms with van der Waals surface area (Å²) in [7, 11) is 0. The minimum Gasteiger partial charge on any atom is -0.595 e. The van der Waals surface area contributed by atoms with Crippen molar-refractivity contribution in [2.75, 3.05) is 0 Å². The van der Waals surface area contributed by atoms with Gasteiger partial charge in [0.1, 0.15) is 17.1 Å². The third kappa shape index (κ3) is 4.21. The number of halogens is 1. The molecular formula is C23H16ClNO6. The summed E-state index contributed by atoms with van der Waals surface area (Å²) in [6.45, 7) is 1.68. The second-order valence-corrected chi connectivity index (χ2v) is 7.24. The molecule has 156 valence electrons. The number of aryl methyl sites for hydroxylation is 1. The third-order valence-electron chi connectivity index (χ3n) is 4.73. The Kier molecular flexibility index (Phi) is 5.58. The number of esters is 1. The lowest BCUT2D eigenvalue weighted by molar-refractivity contribution is -0.991. The van der Waals surface area contributed by atoms with Gasteiger partial charge in [-0.1, -0.05) is 29.8 Å². The van der Waals surface area contributed by atoms with E-state index in [4.69, 9.17) is 26.0 Å². The molecule has 0 amide bonds. The Labute approximate surface area is 181 Å². The lowest BCUT2D eigenvalue weighted by Crippen LogP contribution is -2.99. The van der Waals surface area contributed by atoms with Gasteiger partial charge in [-0.3, -0.25) is 4.79 Å². The molecule has 0 aliphatic carbocycles. The van der Waals surface area contributed by atoms with Gasteiger partial charge < -0.3 is 14.4 Å². The van der Waals surface area contributed by atoms with Gasteiger partial charge in [0.15, 0.2) is 5.69 Å². The Balaban J connectivity index is 1.68. The Morgan fingerprint density at radius 1 is 1.10 bits per heavy atom. The van der Waals surface area contributed by atoms with Gasteiger partial charge in [-0.25, -0.2) is 10.0 Å². The number of carbonyl (C=O) groups is 1. The van der Waals surface area contributed by atoms with Crippen molar-refractivity contribution in [2.24, 2.45) is 0 Å². The van der Waals surface area contributed by atoms with Gasteiger partial charge in [-0.15, -0.1) is 0 Å². The van der Waals surface area contributed by atoms with E-state index in [1.807, 2.05) is 0 Å². The first-order valence-corrected chi connectivity index (χ1v) is 9.60. The summed E-state index contributed by atoms with van der Waals surface area (Å²) in [5.74, 6) is -0.142. The summed E-state index contributed by atoms with van der Waals surface area (Å²) >= 11 is 5.93. The predicted octanol–water partition coefficient (Wildman–Crippen LogP) is 4.04. The van der Waals surface area contributed by atoms with Crippen LogP contribution in [-0.4, -0.2) is 11.2 Å². The van der Waals surface area contributed by atoms with Crippen LogP contribution >= 0.6 is 11.6 Å². The van der Waals surface area contributed by atoms with E-state index in [1.165, 1.54) is 42.5 Å². The first-order valence-electron chi connectivity index (χ1n) is 9.22. The van der Waals surface area contributed by atoms with Gasteiger partial charge in [0.05, 0.1) is 16.5 Å². The number of hydrogen-bond acceptors (Lipinski definition) is 6. The molecule has 1 heterocycles. The highest BCUT2D eigenvalue weighted by Gasteiger charge is 2.16. The largest absolute Gasteiger partial charge is 0.595 e. The first kappa shape index (κ1) is 20.8. The van der Waals surface area contributed by atoms with E-state index in [9.17, 15) is 14.8 Å². The highest BCUT2D eigenvalue weighted by molar-refractivity contribution is 6.30. The number of hydrogen-bond donors (Lipinski definition) is 2. The molecule has 1 unspecified atom stereocenters. The molecule has 8 heteroatoms.